The summed E-state index contributed by atoms with van der Waals surface area (Å²) in [6.07, 6.45) is 1.25. The molecule has 0 amide bonds. The average molecular weight is 574 g/mol. The Morgan fingerprint density at radius 3 is 2.44 bits per heavy atom. The zero-order valence-corrected chi connectivity index (χ0v) is 24.4. The van der Waals surface area contributed by atoms with Gasteiger partial charge in [0.2, 0.25) is 0 Å². The molecule has 0 bridgehead atoms. The molecule has 0 aliphatic rings. The van der Waals surface area contributed by atoms with Crippen LogP contribution < -0.4 is 9.47 Å². The first-order valence-electron chi connectivity index (χ1n) is 13.8. The van der Waals surface area contributed by atoms with Gasteiger partial charge >= 0.3 is 10.1 Å². The van der Waals surface area contributed by atoms with E-state index in [0.717, 1.165) is 45.0 Å². The zero-order valence-electron chi connectivity index (χ0n) is 23.6. The lowest BCUT2D eigenvalue weighted by Gasteiger charge is -2.12. The molecule has 3 aromatic carbocycles. The monoisotopic (exact) mass is 573 g/mol. The molecule has 8 heteroatoms. The first-order valence-corrected chi connectivity index (χ1v) is 15.2. The molecule has 0 saturated carbocycles. The van der Waals surface area contributed by atoms with Crippen molar-refractivity contribution < 1.29 is 26.5 Å². The Morgan fingerprint density at radius 2 is 1.66 bits per heavy atom. The van der Waals surface area contributed by atoms with Crippen molar-refractivity contribution in [2.24, 2.45) is 0 Å². The number of aromatic nitrogens is 1. The Bertz CT molecular complexity index is 1680. The second-order valence-electron chi connectivity index (χ2n) is 9.92. The Kier molecular flexibility index (Phi) is 8.81. The highest BCUT2D eigenvalue weighted by Gasteiger charge is 2.21. The molecule has 0 radical (unpaired) electrons. The van der Waals surface area contributed by atoms with Gasteiger partial charge in [0, 0.05) is 11.1 Å². The Hall–Kier alpha value is -4.01. The molecule has 214 valence electrons. The van der Waals surface area contributed by atoms with E-state index < -0.39 is 10.1 Å². The van der Waals surface area contributed by atoms with E-state index in [1.807, 2.05) is 62.4 Å². The van der Waals surface area contributed by atoms with Crippen LogP contribution in [0.15, 0.2) is 94.2 Å². The van der Waals surface area contributed by atoms with Crippen LogP contribution in [-0.2, 0) is 27.3 Å². The molecule has 7 nitrogen and oxygen atoms in total. The summed E-state index contributed by atoms with van der Waals surface area (Å²) in [7, 11) is -3.90. The average Bonchev–Trinajstić information content (AvgIpc) is 3.55. The summed E-state index contributed by atoms with van der Waals surface area (Å²) in [5.41, 5.74) is 5.04. The largest absolute Gasteiger partial charge is 0.492 e. The van der Waals surface area contributed by atoms with Crippen molar-refractivity contribution in [2.45, 2.75) is 45.1 Å². The van der Waals surface area contributed by atoms with Crippen LogP contribution >= 0.6 is 0 Å². The summed E-state index contributed by atoms with van der Waals surface area (Å²) >= 11 is 0. The van der Waals surface area contributed by atoms with E-state index in [-0.39, 0.29) is 11.5 Å². The van der Waals surface area contributed by atoms with E-state index in [0.29, 0.717) is 38.3 Å². The molecule has 5 aromatic rings. The SMILES string of the molecule is CCOc1cc(C)ccc1S(=O)(=O)OCCCc1ccc(OCCn2c(C)ccc2-c2cc3ccccc3o2)cc1. The van der Waals surface area contributed by atoms with Gasteiger partial charge in [-0.25, -0.2) is 0 Å². The van der Waals surface area contributed by atoms with Crippen molar-refractivity contribution >= 4 is 21.1 Å². The first-order chi connectivity index (χ1) is 19.8. The molecule has 0 aliphatic heterocycles. The zero-order chi connectivity index (χ0) is 28.8. The fourth-order valence-corrected chi connectivity index (χ4v) is 5.86. The third-order valence-corrected chi connectivity index (χ3v) is 8.25. The summed E-state index contributed by atoms with van der Waals surface area (Å²) < 4.78 is 50.6. The van der Waals surface area contributed by atoms with Gasteiger partial charge in [-0.05, 0) is 93.3 Å². The van der Waals surface area contributed by atoms with Gasteiger partial charge in [-0.15, -0.1) is 0 Å². The number of hydrogen-bond acceptors (Lipinski definition) is 6. The highest BCUT2D eigenvalue weighted by molar-refractivity contribution is 7.86. The lowest BCUT2D eigenvalue weighted by molar-refractivity contribution is 0.297. The van der Waals surface area contributed by atoms with Gasteiger partial charge in [-0.2, -0.15) is 8.42 Å². The molecule has 2 heterocycles. The van der Waals surface area contributed by atoms with E-state index in [9.17, 15) is 8.42 Å². The van der Waals surface area contributed by atoms with Crippen LogP contribution in [0.2, 0.25) is 0 Å². The number of fused-ring (bicyclic) bond motifs is 1. The third-order valence-electron chi connectivity index (χ3n) is 6.90. The van der Waals surface area contributed by atoms with E-state index in [2.05, 4.69) is 29.7 Å². The summed E-state index contributed by atoms with van der Waals surface area (Å²) in [4.78, 5) is 0.0614. The minimum atomic E-state index is -3.90. The second-order valence-corrected chi connectivity index (χ2v) is 11.5. The normalized spacial score (nSPS) is 11.7. The van der Waals surface area contributed by atoms with Crippen LogP contribution in [-0.4, -0.2) is 32.8 Å². The molecule has 0 saturated heterocycles. The predicted octanol–water partition coefficient (Wildman–Crippen LogP) is 7.33. The topological polar surface area (TPSA) is 79.9 Å². The predicted molar refractivity (Wildman–Crippen MR) is 160 cm³/mol. The van der Waals surface area contributed by atoms with Crippen LogP contribution in [0.4, 0.5) is 0 Å². The molecule has 0 aliphatic carbocycles. The second kappa shape index (κ2) is 12.7. The van der Waals surface area contributed by atoms with Crippen LogP contribution in [0.1, 0.15) is 30.2 Å². The highest BCUT2D eigenvalue weighted by atomic mass is 32.2. The van der Waals surface area contributed by atoms with Crippen molar-refractivity contribution in [3.63, 3.8) is 0 Å². The lowest BCUT2D eigenvalue weighted by atomic mass is 10.1. The van der Waals surface area contributed by atoms with Crippen LogP contribution in [0.3, 0.4) is 0 Å². The number of hydrogen-bond donors (Lipinski definition) is 0. The number of rotatable bonds is 13. The van der Waals surface area contributed by atoms with Crippen molar-refractivity contribution in [1.29, 1.82) is 0 Å². The van der Waals surface area contributed by atoms with Gasteiger partial charge < -0.3 is 18.5 Å². The van der Waals surface area contributed by atoms with Crippen LogP contribution in [0, 0.1) is 13.8 Å². The quantitative estimate of drug-likeness (QED) is 0.108. The maximum atomic E-state index is 12.7. The molecule has 0 spiro atoms. The van der Waals surface area contributed by atoms with Gasteiger partial charge in [0.25, 0.3) is 0 Å². The number of furan rings is 1. The first kappa shape index (κ1) is 28.5. The third kappa shape index (κ3) is 6.84. The molecule has 5 rings (SSSR count). The smallest absolute Gasteiger partial charge is 0.300 e. The molecular formula is C33H35NO6S. The van der Waals surface area contributed by atoms with Crippen molar-refractivity contribution in [2.75, 3.05) is 19.8 Å². The Morgan fingerprint density at radius 1 is 0.854 bits per heavy atom. The fraction of sp³-hybridized carbons (Fsp3) is 0.273. The van der Waals surface area contributed by atoms with Gasteiger partial charge in [0.15, 0.2) is 5.76 Å². The molecule has 0 fully saturated rings. The summed E-state index contributed by atoms with van der Waals surface area (Å²) in [6.45, 7) is 7.44. The fourth-order valence-electron chi connectivity index (χ4n) is 4.80. The summed E-state index contributed by atoms with van der Waals surface area (Å²) in [6, 6.07) is 27.1. The van der Waals surface area contributed by atoms with Crippen molar-refractivity contribution in [3.8, 4) is 23.0 Å². The minimum absolute atomic E-state index is 0.0614. The Labute approximate surface area is 241 Å². The van der Waals surface area contributed by atoms with Gasteiger partial charge in [0.05, 0.1) is 25.5 Å². The molecule has 41 heavy (non-hydrogen) atoms. The molecule has 0 unspecified atom stereocenters. The number of aryl methyl sites for hydroxylation is 3. The molecule has 0 atom stereocenters. The number of nitrogens with zero attached hydrogens (tertiary/aromatic N) is 1. The number of para-hydroxylation sites is 1. The molecule has 0 N–H and O–H groups in total. The highest BCUT2D eigenvalue weighted by Crippen LogP contribution is 2.30. The van der Waals surface area contributed by atoms with E-state index in [1.54, 1.807) is 12.1 Å². The van der Waals surface area contributed by atoms with E-state index >= 15 is 0 Å². The summed E-state index contributed by atoms with van der Waals surface area (Å²) in [5, 5.41) is 1.08. The van der Waals surface area contributed by atoms with Crippen LogP contribution in [0.5, 0.6) is 11.5 Å². The van der Waals surface area contributed by atoms with Crippen LogP contribution in [0.25, 0.3) is 22.4 Å². The van der Waals surface area contributed by atoms with E-state index in [1.165, 1.54) is 6.07 Å². The number of benzene rings is 3. The standard InChI is InChI=1S/C33H35NO6S/c1-4-37-32-22-24(2)11-18-33(32)41(35,36)39-20-7-8-26-13-15-28(16-14-26)38-21-19-34-25(3)12-17-29(34)31-23-27-9-5-6-10-30(27)40-31/h5-6,9-18,22-23H,4,7-8,19-21H2,1-3H3. The number of ether oxygens (including phenoxy) is 2. The van der Waals surface area contributed by atoms with Crippen molar-refractivity contribution in [1.82, 2.24) is 4.57 Å². The molecule has 2 aromatic heterocycles. The Balaban J connectivity index is 1.11. The van der Waals surface area contributed by atoms with Gasteiger partial charge in [0.1, 0.15) is 28.6 Å². The summed E-state index contributed by atoms with van der Waals surface area (Å²) in [5.74, 6) is 1.94. The molecular weight excluding hydrogens is 538 g/mol. The van der Waals surface area contributed by atoms with E-state index in [4.69, 9.17) is 18.1 Å². The lowest BCUT2D eigenvalue weighted by Crippen LogP contribution is -2.11. The minimum Gasteiger partial charge on any atom is -0.492 e. The van der Waals surface area contributed by atoms with Gasteiger partial charge in [-0.3, -0.25) is 4.18 Å². The maximum Gasteiger partial charge on any atom is 0.300 e. The van der Waals surface area contributed by atoms with Gasteiger partial charge in [-0.1, -0.05) is 36.4 Å². The maximum absolute atomic E-state index is 12.7. The van der Waals surface area contributed by atoms with Crippen molar-refractivity contribution in [3.05, 3.63) is 102 Å².